The highest BCUT2D eigenvalue weighted by atomic mass is 16.5. The predicted octanol–water partition coefficient (Wildman–Crippen LogP) is 1.91. The van der Waals surface area contributed by atoms with E-state index in [-0.39, 0.29) is 6.10 Å². The number of aryl methyl sites for hydroxylation is 1. The Kier molecular flexibility index (Phi) is 6.08. The zero-order valence-corrected chi connectivity index (χ0v) is 10.1. The molecule has 0 saturated carbocycles. The van der Waals surface area contributed by atoms with Gasteiger partial charge in [-0.05, 0) is 30.5 Å². The Hall–Kier alpha value is -0.900. The fourth-order valence-electron chi connectivity index (χ4n) is 1.66. The van der Waals surface area contributed by atoms with E-state index in [9.17, 15) is 0 Å². The third kappa shape index (κ3) is 3.93. The van der Waals surface area contributed by atoms with E-state index >= 15 is 0 Å². The first-order valence-corrected chi connectivity index (χ1v) is 5.62. The van der Waals surface area contributed by atoms with Gasteiger partial charge in [0.25, 0.3) is 0 Å². The Labute approximate surface area is 97.6 Å². The number of rotatable bonds is 7. The van der Waals surface area contributed by atoms with E-state index in [4.69, 9.17) is 15.2 Å². The van der Waals surface area contributed by atoms with Gasteiger partial charge in [-0.3, -0.25) is 0 Å². The normalized spacial score (nSPS) is 12.7. The lowest BCUT2D eigenvalue weighted by Gasteiger charge is -2.15. The number of hydrogen-bond donors (Lipinski definition) is 1. The molecule has 0 heterocycles. The van der Waals surface area contributed by atoms with Crippen molar-refractivity contribution < 1.29 is 9.47 Å². The van der Waals surface area contributed by atoms with Gasteiger partial charge in [0, 0.05) is 14.2 Å². The molecule has 0 bridgehead atoms. The molecular formula is C13H21NO2. The minimum Gasteiger partial charge on any atom is -0.382 e. The van der Waals surface area contributed by atoms with Crippen molar-refractivity contribution >= 4 is 0 Å². The van der Waals surface area contributed by atoms with E-state index in [1.807, 2.05) is 0 Å². The minimum absolute atomic E-state index is 0.0218. The fraction of sp³-hybridized carbons (Fsp3) is 0.538. The highest BCUT2D eigenvalue weighted by molar-refractivity contribution is 5.24. The molecule has 1 aromatic carbocycles. The maximum absolute atomic E-state index is 5.48. The predicted molar refractivity (Wildman–Crippen MR) is 65.4 cm³/mol. The van der Waals surface area contributed by atoms with Gasteiger partial charge in [-0.15, -0.1) is 0 Å². The molecule has 1 aromatic rings. The first-order chi connectivity index (χ1) is 7.81. The van der Waals surface area contributed by atoms with Gasteiger partial charge in [0.05, 0.1) is 6.61 Å². The molecule has 0 fully saturated rings. The van der Waals surface area contributed by atoms with Crippen LogP contribution in [0.15, 0.2) is 24.3 Å². The van der Waals surface area contributed by atoms with Gasteiger partial charge in [-0.25, -0.2) is 0 Å². The third-order valence-electron chi connectivity index (χ3n) is 2.62. The number of methoxy groups -OCH3 is 2. The summed E-state index contributed by atoms with van der Waals surface area (Å²) in [7, 11) is 3.38. The van der Waals surface area contributed by atoms with Crippen LogP contribution in [-0.2, 0) is 15.9 Å². The van der Waals surface area contributed by atoms with Crippen LogP contribution in [0.2, 0.25) is 0 Å². The van der Waals surface area contributed by atoms with E-state index in [1.165, 1.54) is 5.56 Å². The molecule has 1 rings (SSSR count). The van der Waals surface area contributed by atoms with Crippen LogP contribution >= 0.6 is 0 Å². The molecule has 0 aromatic heterocycles. The van der Waals surface area contributed by atoms with Crippen molar-refractivity contribution in [1.82, 2.24) is 0 Å². The van der Waals surface area contributed by atoms with Crippen LogP contribution in [0.3, 0.4) is 0 Å². The van der Waals surface area contributed by atoms with E-state index in [0.717, 1.165) is 24.9 Å². The standard InChI is InChI=1S/C13H21NO2/c1-15-10-13(16-2)12-7-5-11(6-8-12)4-3-9-14/h5-8,13H,3-4,9-10,14H2,1-2H3. The lowest BCUT2D eigenvalue weighted by atomic mass is 10.0. The second-order valence-corrected chi connectivity index (χ2v) is 3.81. The van der Waals surface area contributed by atoms with E-state index in [1.54, 1.807) is 14.2 Å². The second kappa shape index (κ2) is 7.39. The number of ether oxygens (including phenoxy) is 2. The number of hydrogen-bond acceptors (Lipinski definition) is 3. The Balaban J connectivity index is 2.61. The average molecular weight is 223 g/mol. The van der Waals surface area contributed by atoms with Crippen molar-refractivity contribution in [2.24, 2.45) is 5.73 Å². The maximum Gasteiger partial charge on any atom is 0.105 e. The van der Waals surface area contributed by atoms with Gasteiger partial charge < -0.3 is 15.2 Å². The van der Waals surface area contributed by atoms with Gasteiger partial charge in [0.15, 0.2) is 0 Å². The van der Waals surface area contributed by atoms with Gasteiger partial charge in [-0.1, -0.05) is 24.3 Å². The summed E-state index contributed by atoms with van der Waals surface area (Å²) in [6.45, 7) is 1.32. The van der Waals surface area contributed by atoms with Crippen molar-refractivity contribution in [2.75, 3.05) is 27.4 Å². The molecule has 0 aliphatic rings. The Morgan fingerprint density at radius 3 is 2.38 bits per heavy atom. The van der Waals surface area contributed by atoms with Crippen molar-refractivity contribution in [1.29, 1.82) is 0 Å². The third-order valence-corrected chi connectivity index (χ3v) is 2.62. The molecule has 0 saturated heterocycles. The average Bonchev–Trinajstić information content (AvgIpc) is 2.34. The van der Waals surface area contributed by atoms with Gasteiger partial charge >= 0.3 is 0 Å². The number of benzene rings is 1. The summed E-state index contributed by atoms with van der Waals surface area (Å²) in [6, 6.07) is 8.46. The van der Waals surface area contributed by atoms with Crippen LogP contribution < -0.4 is 5.73 Å². The molecule has 90 valence electrons. The summed E-state index contributed by atoms with van der Waals surface area (Å²) >= 11 is 0. The highest BCUT2D eigenvalue weighted by Gasteiger charge is 2.09. The fourth-order valence-corrected chi connectivity index (χ4v) is 1.66. The van der Waals surface area contributed by atoms with Gasteiger partial charge in [0.2, 0.25) is 0 Å². The van der Waals surface area contributed by atoms with Crippen LogP contribution in [-0.4, -0.2) is 27.4 Å². The summed E-state index contributed by atoms with van der Waals surface area (Å²) in [5.74, 6) is 0. The molecule has 0 aliphatic heterocycles. The molecule has 16 heavy (non-hydrogen) atoms. The van der Waals surface area contributed by atoms with Crippen LogP contribution in [0.25, 0.3) is 0 Å². The monoisotopic (exact) mass is 223 g/mol. The first-order valence-electron chi connectivity index (χ1n) is 5.62. The first kappa shape index (κ1) is 13.2. The lowest BCUT2D eigenvalue weighted by Crippen LogP contribution is -2.08. The molecule has 3 nitrogen and oxygen atoms in total. The molecular weight excluding hydrogens is 202 g/mol. The van der Waals surface area contributed by atoms with Crippen LogP contribution in [0, 0.1) is 0 Å². The van der Waals surface area contributed by atoms with Crippen molar-refractivity contribution in [3.63, 3.8) is 0 Å². The Morgan fingerprint density at radius 1 is 1.19 bits per heavy atom. The summed E-state index contributed by atoms with van der Waals surface area (Å²) in [4.78, 5) is 0. The summed E-state index contributed by atoms with van der Waals surface area (Å²) < 4.78 is 10.5. The molecule has 1 unspecified atom stereocenters. The molecule has 0 spiro atoms. The lowest BCUT2D eigenvalue weighted by molar-refractivity contribution is 0.0275. The molecule has 3 heteroatoms. The largest absolute Gasteiger partial charge is 0.382 e. The van der Waals surface area contributed by atoms with Gasteiger partial charge in [-0.2, -0.15) is 0 Å². The number of nitrogens with two attached hydrogens (primary N) is 1. The SMILES string of the molecule is COCC(OC)c1ccc(CCCN)cc1. The Bertz CT molecular complexity index is 284. The van der Waals surface area contributed by atoms with Crippen molar-refractivity contribution in [3.8, 4) is 0 Å². The molecule has 0 radical (unpaired) electrons. The quantitative estimate of drug-likeness (QED) is 0.768. The summed E-state index contributed by atoms with van der Waals surface area (Å²) in [6.07, 6.45) is 2.10. The molecule has 1 atom stereocenters. The van der Waals surface area contributed by atoms with Crippen LogP contribution in [0.5, 0.6) is 0 Å². The topological polar surface area (TPSA) is 44.5 Å². The van der Waals surface area contributed by atoms with E-state index in [0.29, 0.717) is 6.61 Å². The van der Waals surface area contributed by atoms with Crippen molar-refractivity contribution in [3.05, 3.63) is 35.4 Å². The van der Waals surface area contributed by atoms with E-state index in [2.05, 4.69) is 24.3 Å². The summed E-state index contributed by atoms with van der Waals surface area (Å²) in [5, 5.41) is 0. The zero-order chi connectivity index (χ0) is 11.8. The van der Waals surface area contributed by atoms with Crippen LogP contribution in [0.1, 0.15) is 23.7 Å². The van der Waals surface area contributed by atoms with E-state index < -0.39 is 0 Å². The van der Waals surface area contributed by atoms with Gasteiger partial charge in [0.1, 0.15) is 6.10 Å². The summed E-state index contributed by atoms with van der Waals surface area (Å²) in [5.41, 5.74) is 7.95. The van der Waals surface area contributed by atoms with Crippen LogP contribution in [0.4, 0.5) is 0 Å². The maximum atomic E-state index is 5.48. The zero-order valence-electron chi connectivity index (χ0n) is 10.1. The Morgan fingerprint density at radius 2 is 1.88 bits per heavy atom. The smallest absolute Gasteiger partial charge is 0.105 e. The minimum atomic E-state index is 0.0218. The molecule has 0 amide bonds. The highest BCUT2D eigenvalue weighted by Crippen LogP contribution is 2.17. The second-order valence-electron chi connectivity index (χ2n) is 3.81. The molecule has 0 aliphatic carbocycles. The van der Waals surface area contributed by atoms with Crippen molar-refractivity contribution in [2.45, 2.75) is 18.9 Å². The molecule has 2 N–H and O–H groups in total.